The van der Waals surface area contributed by atoms with Crippen LogP contribution in [0.3, 0.4) is 0 Å². The molecule has 0 saturated carbocycles. The topological polar surface area (TPSA) is 47.6 Å². The van der Waals surface area contributed by atoms with Gasteiger partial charge in [-0.1, -0.05) is 42.5 Å². The summed E-state index contributed by atoms with van der Waals surface area (Å²) in [6.07, 6.45) is 7.11. The first kappa shape index (κ1) is 20.3. The number of hydrogen-bond acceptors (Lipinski definition) is 3. The molecule has 1 heterocycles. The van der Waals surface area contributed by atoms with Gasteiger partial charge in [0.15, 0.2) is 10.2 Å². The molecule has 0 bridgehead atoms. The lowest BCUT2D eigenvalue weighted by atomic mass is 10.2. The van der Waals surface area contributed by atoms with Gasteiger partial charge in [0.2, 0.25) is 0 Å². The molecule has 5 nitrogen and oxygen atoms in total. The highest BCUT2D eigenvalue weighted by molar-refractivity contribution is 7.86. The maximum atomic E-state index is 14.7. The third-order valence-corrected chi connectivity index (χ3v) is 7.86. The van der Waals surface area contributed by atoms with Crippen LogP contribution in [0.15, 0.2) is 79.1 Å². The van der Waals surface area contributed by atoms with Gasteiger partial charge in [0.1, 0.15) is 0 Å². The fourth-order valence-corrected chi connectivity index (χ4v) is 6.68. The van der Waals surface area contributed by atoms with Gasteiger partial charge < -0.3 is 10.6 Å². The third-order valence-electron chi connectivity index (χ3n) is 4.10. The van der Waals surface area contributed by atoms with Crippen molar-refractivity contribution in [2.24, 2.45) is 0 Å². The van der Waals surface area contributed by atoms with Gasteiger partial charge in [-0.15, -0.1) is 0 Å². The van der Waals surface area contributed by atoms with Crippen LogP contribution >= 0.6 is 31.9 Å². The molecule has 1 aliphatic heterocycles. The van der Waals surface area contributed by atoms with E-state index in [4.69, 9.17) is 24.4 Å². The van der Waals surface area contributed by atoms with Gasteiger partial charge in [0.25, 0.3) is 0 Å². The van der Waals surface area contributed by atoms with Gasteiger partial charge >= 0.3 is 7.44 Å². The minimum atomic E-state index is -3.43. The number of fused-ring (bicyclic) bond motifs is 1. The molecular weight excluding hydrogens is 407 g/mol. The van der Waals surface area contributed by atoms with E-state index in [-0.39, 0.29) is 0 Å². The number of rotatable bonds is 3. The van der Waals surface area contributed by atoms with E-state index < -0.39 is 7.44 Å². The highest BCUT2D eigenvalue weighted by Crippen LogP contribution is 2.64. The second-order valence-electron chi connectivity index (χ2n) is 5.89. The fourth-order valence-electron chi connectivity index (χ4n) is 2.95. The largest absolute Gasteiger partial charge is 0.339 e. The Morgan fingerprint density at radius 2 is 1.25 bits per heavy atom. The fraction of sp³-hybridized carbons (Fsp3) is 0.100. The van der Waals surface area contributed by atoms with Crippen molar-refractivity contribution in [3.8, 4) is 0 Å². The molecule has 1 aliphatic rings. The van der Waals surface area contributed by atoms with Crippen molar-refractivity contribution in [3.63, 3.8) is 0 Å². The van der Waals surface area contributed by atoms with E-state index in [1.807, 2.05) is 80.6 Å². The average Bonchev–Trinajstić information content (AvgIpc) is 3.00. The quantitative estimate of drug-likeness (QED) is 0.545. The number of benzene rings is 2. The van der Waals surface area contributed by atoms with Gasteiger partial charge in [-0.2, -0.15) is 0 Å². The monoisotopic (exact) mass is 428 g/mol. The van der Waals surface area contributed by atoms with Crippen molar-refractivity contribution in [2.75, 3.05) is 9.34 Å². The minimum absolute atomic E-state index is 0.342. The summed E-state index contributed by atoms with van der Waals surface area (Å²) in [7, 11) is -3.43. The van der Waals surface area contributed by atoms with Crippen molar-refractivity contribution < 1.29 is 4.57 Å². The molecule has 0 aromatic heterocycles. The Hall–Kier alpha value is -2.47. The number of nitrogens with one attached hydrogen (secondary N) is 2. The van der Waals surface area contributed by atoms with Crippen LogP contribution in [0.25, 0.3) is 0 Å². The van der Waals surface area contributed by atoms with E-state index >= 15 is 0 Å². The Morgan fingerprint density at radius 1 is 0.821 bits per heavy atom. The molecule has 144 valence electrons. The summed E-state index contributed by atoms with van der Waals surface area (Å²) in [6.45, 7) is 3.76. The Balaban J connectivity index is 2.23. The zero-order valence-corrected chi connectivity index (χ0v) is 18.1. The summed E-state index contributed by atoms with van der Waals surface area (Å²) in [5, 5.41) is 7.41. The van der Waals surface area contributed by atoms with E-state index in [1.165, 1.54) is 0 Å². The van der Waals surface area contributed by atoms with Gasteiger partial charge in [0.05, 0.1) is 16.7 Å². The highest BCUT2D eigenvalue weighted by Gasteiger charge is 2.50. The van der Waals surface area contributed by atoms with Crippen LogP contribution in [0.5, 0.6) is 0 Å². The molecule has 3 rings (SSSR count). The molecular formula is C20H21N4OPS2. The molecule has 8 heteroatoms. The highest BCUT2D eigenvalue weighted by atomic mass is 32.1. The number of para-hydroxylation sites is 2. The van der Waals surface area contributed by atoms with E-state index in [1.54, 1.807) is 21.7 Å². The number of anilines is 2. The van der Waals surface area contributed by atoms with E-state index in [0.29, 0.717) is 15.5 Å². The van der Waals surface area contributed by atoms with E-state index in [2.05, 4.69) is 10.6 Å². The molecule has 2 N–H and O–H groups in total. The van der Waals surface area contributed by atoms with Crippen molar-refractivity contribution in [1.29, 1.82) is 0 Å². The van der Waals surface area contributed by atoms with Crippen LogP contribution < -0.4 is 25.3 Å². The van der Waals surface area contributed by atoms with Crippen molar-refractivity contribution in [3.05, 3.63) is 79.1 Å². The summed E-state index contributed by atoms with van der Waals surface area (Å²) in [6, 6.07) is 16.9. The maximum Gasteiger partial charge on any atom is 0.305 e. The normalized spacial score (nSPS) is 15.1. The molecule has 0 aliphatic carbocycles. The van der Waals surface area contributed by atoms with Gasteiger partial charge in [-0.3, -0.25) is 4.57 Å². The zero-order chi connectivity index (χ0) is 20.1. The molecule has 0 unspecified atom stereocenters. The molecule has 0 spiro atoms. The van der Waals surface area contributed by atoms with Crippen LogP contribution in [0.4, 0.5) is 11.4 Å². The first-order valence-corrected chi connectivity index (χ1v) is 11.2. The summed E-state index contributed by atoms with van der Waals surface area (Å²) >= 11 is 11.2. The van der Waals surface area contributed by atoms with Crippen LogP contribution in [-0.2, 0) is 4.57 Å². The second-order valence-corrected chi connectivity index (χ2v) is 9.07. The second kappa shape index (κ2) is 8.69. The lowest BCUT2D eigenvalue weighted by molar-refractivity contribution is 0.583. The van der Waals surface area contributed by atoms with Crippen molar-refractivity contribution in [1.82, 2.24) is 10.6 Å². The Kier molecular flexibility index (Phi) is 6.29. The summed E-state index contributed by atoms with van der Waals surface area (Å²) < 4.78 is 18.0. The average molecular weight is 429 g/mol. The number of allylic oxidation sites excluding steroid dienone is 2. The van der Waals surface area contributed by atoms with Crippen molar-refractivity contribution >= 4 is 58.8 Å². The SMILES string of the molecule is C/C=C/NC(=S)N1c2ccccc2N(C(=S)N/C=C/C)P1(=O)c1ccccc1. The lowest BCUT2D eigenvalue weighted by Gasteiger charge is -2.32. The zero-order valence-electron chi connectivity index (χ0n) is 15.6. The summed E-state index contributed by atoms with van der Waals surface area (Å²) in [4.78, 5) is 0. The molecule has 0 atom stereocenters. The lowest BCUT2D eigenvalue weighted by Crippen LogP contribution is -2.43. The Morgan fingerprint density at radius 3 is 1.68 bits per heavy atom. The number of thiocarbonyl (C=S) groups is 2. The molecule has 2 aromatic carbocycles. The van der Waals surface area contributed by atoms with Gasteiger partial charge in [-0.05, 0) is 74.9 Å². The van der Waals surface area contributed by atoms with E-state index in [0.717, 1.165) is 11.4 Å². The Bertz CT molecular complexity index is 934. The standard InChI is InChI=1S/C20H21N4OPS2/c1-3-14-21-19(27)23-17-12-8-9-13-18(17)24(20(28)22-15-4-2)26(23,25)16-10-6-5-7-11-16/h3-15H,1-2H3,(H,21,27)(H,22,28)/b14-3+,15-4+. The van der Waals surface area contributed by atoms with Gasteiger partial charge in [-0.25, -0.2) is 9.34 Å². The predicted octanol–water partition coefficient (Wildman–Crippen LogP) is 4.65. The smallest absolute Gasteiger partial charge is 0.305 e. The van der Waals surface area contributed by atoms with Crippen LogP contribution in [0.1, 0.15) is 13.8 Å². The Labute approximate surface area is 176 Å². The molecule has 0 amide bonds. The van der Waals surface area contributed by atoms with Crippen LogP contribution in [0, 0.1) is 0 Å². The van der Waals surface area contributed by atoms with Crippen molar-refractivity contribution in [2.45, 2.75) is 13.8 Å². The van der Waals surface area contributed by atoms with Gasteiger partial charge in [0, 0.05) is 0 Å². The predicted molar refractivity (Wildman–Crippen MR) is 126 cm³/mol. The first-order valence-electron chi connectivity index (χ1n) is 8.75. The van der Waals surface area contributed by atoms with Crippen LogP contribution in [-0.4, -0.2) is 10.2 Å². The molecule has 0 fully saturated rings. The van der Waals surface area contributed by atoms with Crippen LogP contribution in [0.2, 0.25) is 0 Å². The first-order chi connectivity index (χ1) is 13.6. The molecule has 0 saturated heterocycles. The number of hydrogen-bond donors (Lipinski definition) is 2. The molecule has 28 heavy (non-hydrogen) atoms. The maximum absolute atomic E-state index is 14.7. The minimum Gasteiger partial charge on any atom is -0.339 e. The summed E-state index contributed by atoms with van der Waals surface area (Å²) in [5.41, 5.74) is 1.47. The number of nitrogens with zero attached hydrogens (tertiary/aromatic N) is 2. The molecule has 2 aromatic rings. The van der Waals surface area contributed by atoms with E-state index in [9.17, 15) is 4.57 Å². The summed E-state index contributed by atoms with van der Waals surface area (Å²) in [5.74, 6) is 0. The molecule has 0 radical (unpaired) electrons. The third kappa shape index (κ3) is 3.49.